The van der Waals surface area contributed by atoms with Crippen LogP contribution in [0.1, 0.15) is 16.8 Å². The normalized spacial score (nSPS) is 21.5. The first-order valence-corrected chi connectivity index (χ1v) is 8.88. The molecular formula is C18H17FN2O2S. The van der Waals surface area contributed by atoms with E-state index in [2.05, 4.69) is 4.98 Å². The van der Waals surface area contributed by atoms with Crippen molar-refractivity contribution in [2.45, 2.75) is 17.3 Å². The third kappa shape index (κ3) is 2.98. The fourth-order valence-corrected chi connectivity index (χ4v) is 4.80. The van der Waals surface area contributed by atoms with Gasteiger partial charge in [0.15, 0.2) is 0 Å². The molecule has 1 atom stereocenters. The second kappa shape index (κ2) is 6.09. The van der Waals surface area contributed by atoms with Crippen molar-refractivity contribution in [1.82, 2.24) is 9.88 Å². The number of amides is 1. The Bertz CT molecular complexity index is 732. The third-order valence-electron chi connectivity index (χ3n) is 4.45. The van der Waals surface area contributed by atoms with Crippen LogP contribution in [-0.2, 0) is 0 Å². The number of hydrogen-bond donors (Lipinski definition) is 0. The molecule has 1 spiro atoms. The first-order chi connectivity index (χ1) is 11.6. The van der Waals surface area contributed by atoms with Crippen molar-refractivity contribution < 1.29 is 13.9 Å². The first-order valence-electron chi connectivity index (χ1n) is 7.89. The summed E-state index contributed by atoms with van der Waals surface area (Å²) < 4.78 is 19.0. The SMILES string of the molecule is O=C(c1ccc(F)cc1)N1CC2(C[C@@H](Oc3cccnc3)CS2)C1. The summed E-state index contributed by atoms with van der Waals surface area (Å²) in [6, 6.07) is 9.50. The van der Waals surface area contributed by atoms with Gasteiger partial charge in [-0.3, -0.25) is 9.78 Å². The Kier molecular flexibility index (Phi) is 3.92. The molecule has 6 heteroatoms. The molecule has 2 aliphatic rings. The highest BCUT2D eigenvalue weighted by molar-refractivity contribution is 8.01. The number of hydrogen-bond acceptors (Lipinski definition) is 4. The fraction of sp³-hybridized carbons (Fsp3) is 0.333. The number of carbonyl (C=O) groups excluding carboxylic acids is 1. The zero-order valence-corrected chi connectivity index (χ0v) is 13.8. The van der Waals surface area contributed by atoms with E-state index in [4.69, 9.17) is 4.74 Å². The van der Waals surface area contributed by atoms with E-state index < -0.39 is 0 Å². The van der Waals surface area contributed by atoms with Crippen LogP contribution in [0.3, 0.4) is 0 Å². The summed E-state index contributed by atoms with van der Waals surface area (Å²) in [4.78, 5) is 18.3. The first kappa shape index (κ1) is 15.4. The molecule has 2 aliphatic heterocycles. The third-order valence-corrected chi connectivity index (χ3v) is 6.02. The number of aromatic nitrogens is 1. The quantitative estimate of drug-likeness (QED) is 0.858. The molecule has 0 N–H and O–H groups in total. The van der Waals surface area contributed by atoms with Gasteiger partial charge in [0, 0.05) is 37.0 Å². The van der Waals surface area contributed by atoms with Crippen LogP contribution < -0.4 is 4.74 Å². The molecule has 1 aromatic heterocycles. The topological polar surface area (TPSA) is 42.4 Å². The van der Waals surface area contributed by atoms with Gasteiger partial charge in [0.2, 0.25) is 0 Å². The van der Waals surface area contributed by atoms with Crippen molar-refractivity contribution in [1.29, 1.82) is 0 Å². The molecule has 2 saturated heterocycles. The average Bonchev–Trinajstić information content (AvgIpc) is 2.99. The summed E-state index contributed by atoms with van der Waals surface area (Å²) in [6.45, 7) is 1.45. The van der Waals surface area contributed by atoms with E-state index in [0.717, 1.165) is 31.0 Å². The number of halogens is 1. The molecule has 0 unspecified atom stereocenters. The number of nitrogens with zero attached hydrogens (tertiary/aromatic N) is 2. The van der Waals surface area contributed by atoms with Gasteiger partial charge in [0.05, 0.1) is 10.9 Å². The summed E-state index contributed by atoms with van der Waals surface area (Å²) in [5.41, 5.74) is 0.539. The molecule has 1 amide bonds. The predicted octanol–water partition coefficient (Wildman–Crippen LogP) is 3.00. The van der Waals surface area contributed by atoms with Crippen LogP contribution in [0.25, 0.3) is 0 Å². The second-order valence-electron chi connectivity index (χ2n) is 6.29. The Morgan fingerprint density at radius 1 is 1.29 bits per heavy atom. The van der Waals surface area contributed by atoms with Gasteiger partial charge in [0.25, 0.3) is 5.91 Å². The standard InChI is InChI=1S/C18H17FN2O2S/c19-14-5-3-13(4-6-14)17(22)21-11-18(12-21)8-16(10-24-18)23-15-2-1-7-20-9-15/h1-7,9,16H,8,10-12H2/t16-/m1/s1. The second-order valence-corrected chi connectivity index (χ2v) is 7.78. The smallest absolute Gasteiger partial charge is 0.253 e. The number of rotatable bonds is 3. The van der Waals surface area contributed by atoms with E-state index in [1.807, 2.05) is 28.8 Å². The number of ether oxygens (including phenoxy) is 1. The van der Waals surface area contributed by atoms with E-state index in [1.165, 1.54) is 12.1 Å². The van der Waals surface area contributed by atoms with Crippen molar-refractivity contribution in [3.63, 3.8) is 0 Å². The number of likely N-dealkylation sites (tertiary alicyclic amines) is 1. The van der Waals surface area contributed by atoms with E-state index in [0.29, 0.717) is 5.56 Å². The van der Waals surface area contributed by atoms with Crippen molar-refractivity contribution in [2.75, 3.05) is 18.8 Å². The van der Waals surface area contributed by atoms with Crippen LogP contribution in [0.15, 0.2) is 48.8 Å². The lowest BCUT2D eigenvalue weighted by Crippen LogP contribution is -2.60. The Labute approximate surface area is 144 Å². The number of carbonyl (C=O) groups is 1. The zero-order chi connectivity index (χ0) is 16.6. The summed E-state index contributed by atoms with van der Waals surface area (Å²) in [5.74, 6) is 1.36. The minimum Gasteiger partial charge on any atom is -0.488 e. The fourth-order valence-electron chi connectivity index (χ4n) is 3.28. The van der Waals surface area contributed by atoms with Crippen molar-refractivity contribution in [3.05, 3.63) is 60.2 Å². The molecule has 0 bridgehead atoms. The summed E-state index contributed by atoms with van der Waals surface area (Å²) in [7, 11) is 0. The monoisotopic (exact) mass is 344 g/mol. The van der Waals surface area contributed by atoms with Crippen LogP contribution in [0.4, 0.5) is 4.39 Å². The maximum atomic E-state index is 13.0. The molecule has 0 aliphatic carbocycles. The van der Waals surface area contributed by atoms with Crippen LogP contribution in [0.5, 0.6) is 5.75 Å². The van der Waals surface area contributed by atoms with Crippen LogP contribution in [0, 0.1) is 5.82 Å². The minimum atomic E-state index is -0.326. The lowest BCUT2D eigenvalue weighted by atomic mass is 9.92. The highest BCUT2D eigenvalue weighted by Crippen LogP contribution is 2.46. The molecular weight excluding hydrogens is 327 g/mol. The number of pyridine rings is 1. The maximum Gasteiger partial charge on any atom is 0.253 e. The van der Waals surface area contributed by atoms with E-state index in [1.54, 1.807) is 24.5 Å². The number of thioether (sulfide) groups is 1. The van der Waals surface area contributed by atoms with Gasteiger partial charge in [0.1, 0.15) is 17.7 Å². The highest BCUT2D eigenvalue weighted by Gasteiger charge is 2.51. The van der Waals surface area contributed by atoms with Crippen molar-refractivity contribution >= 4 is 17.7 Å². The van der Waals surface area contributed by atoms with E-state index >= 15 is 0 Å². The molecule has 4 rings (SSSR count). The van der Waals surface area contributed by atoms with Crippen molar-refractivity contribution in [3.8, 4) is 5.75 Å². The van der Waals surface area contributed by atoms with Gasteiger partial charge in [-0.1, -0.05) is 0 Å². The zero-order valence-electron chi connectivity index (χ0n) is 13.0. The largest absolute Gasteiger partial charge is 0.488 e. The van der Waals surface area contributed by atoms with Gasteiger partial charge < -0.3 is 9.64 Å². The van der Waals surface area contributed by atoms with Crippen LogP contribution in [-0.4, -0.2) is 45.5 Å². The van der Waals surface area contributed by atoms with Gasteiger partial charge in [-0.2, -0.15) is 0 Å². The van der Waals surface area contributed by atoms with Crippen LogP contribution >= 0.6 is 11.8 Å². The Balaban J connectivity index is 1.33. The van der Waals surface area contributed by atoms with Crippen LogP contribution in [0.2, 0.25) is 0 Å². The van der Waals surface area contributed by atoms with Crippen molar-refractivity contribution in [2.24, 2.45) is 0 Å². The van der Waals surface area contributed by atoms with Gasteiger partial charge in [-0.25, -0.2) is 4.39 Å². The molecule has 2 fully saturated rings. The Morgan fingerprint density at radius 2 is 2.08 bits per heavy atom. The molecule has 2 aromatic rings. The molecule has 4 nitrogen and oxygen atoms in total. The summed E-state index contributed by atoms with van der Waals surface area (Å²) in [5, 5.41) is 0. The predicted molar refractivity (Wildman–Crippen MR) is 90.8 cm³/mol. The molecule has 124 valence electrons. The highest BCUT2D eigenvalue weighted by atomic mass is 32.2. The molecule has 24 heavy (non-hydrogen) atoms. The Hall–Kier alpha value is -2.08. The maximum absolute atomic E-state index is 13.0. The van der Waals surface area contributed by atoms with Gasteiger partial charge >= 0.3 is 0 Å². The van der Waals surface area contributed by atoms with Gasteiger partial charge in [-0.05, 0) is 36.4 Å². The molecule has 0 saturated carbocycles. The summed E-state index contributed by atoms with van der Waals surface area (Å²) >= 11 is 1.88. The lowest BCUT2D eigenvalue weighted by molar-refractivity contribution is 0.0518. The molecule has 1 aromatic carbocycles. The summed E-state index contributed by atoms with van der Waals surface area (Å²) in [6.07, 6.45) is 4.53. The van der Waals surface area contributed by atoms with Gasteiger partial charge in [-0.15, -0.1) is 11.8 Å². The Morgan fingerprint density at radius 3 is 2.79 bits per heavy atom. The van der Waals surface area contributed by atoms with E-state index in [9.17, 15) is 9.18 Å². The molecule has 3 heterocycles. The molecule has 0 radical (unpaired) electrons. The van der Waals surface area contributed by atoms with E-state index in [-0.39, 0.29) is 22.6 Å². The lowest BCUT2D eigenvalue weighted by Gasteiger charge is -2.47. The average molecular weight is 344 g/mol. The minimum absolute atomic E-state index is 0.0298. The number of benzene rings is 1.